The lowest BCUT2D eigenvalue weighted by Crippen LogP contribution is -2.37. The molecule has 5 nitrogen and oxygen atoms in total. The molecule has 1 heterocycles. The van der Waals surface area contributed by atoms with Crippen LogP contribution in [0.4, 0.5) is 15.3 Å². The predicted octanol–water partition coefficient (Wildman–Crippen LogP) is 2.24. The van der Waals surface area contributed by atoms with Crippen molar-refractivity contribution in [3.05, 3.63) is 29.3 Å². The highest BCUT2D eigenvalue weighted by Crippen LogP contribution is 2.16. The zero-order valence-electron chi connectivity index (χ0n) is 9.31. The number of carbonyl (C=O) groups excluding carboxylic acids is 2. The molecular weight excluding hydrogens is 242 g/mol. The summed E-state index contributed by atoms with van der Waals surface area (Å²) in [4.78, 5) is 26.0. The Bertz CT molecular complexity index is 464. The van der Waals surface area contributed by atoms with Crippen LogP contribution in [0.25, 0.3) is 0 Å². The molecule has 0 unspecified atom stereocenters. The van der Waals surface area contributed by atoms with Crippen LogP contribution >= 0.6 is 11.6 Å². The molecule has 17 heavy (non-hydrogen) atoms. The van der Waals surface area contributed by atoms with Crippen molar-refractivity contribution in [2.75, 3.05) is 25.5 Å². The molecule has 1 saturated heterocycles. The first-order chi connectivity index (χ1) is 8.08. The molecule has 0 aliphatic carbocycles. The zero-order chi connectivity index (χ0) is 12.4. The number of nitrogens with one attached hydrogen (secondary N) is 1. The Kier molecular flexibility index (Phi) is 3.19. The van der Waals surface area contributed by atoms with Gasteiger partial charge >= 0.3 is 12.1 Å². The van der Waals surface area contributed by atoms with E-state index in [0.717, 1.165) is 0 Å². The van der Waals surface area contributed by atoms with E-state index < -0.39 is 6.03 Å². The van der Waals surface area contributed by atoms with Crippen molar-refractivity contribution in [1.82, 2.24) is 9.80 Å². The molecule has 0 atom stereocenters. The second-order valence-electron chi connectivity index (χ2n) is 3.80. The average molecular weight is 254 g/mol. The predicted molar refractivity (Wildman–Crippen MR) is 65.2 cm³/mol. The first-order valence-electron chi connectivity index (χ1n) is 5.17. The van der Waals surface area contributed by atoms with Crippen LogP contribution in [0.5, 0.6) is 0 Å². The minimum atomic E-state index is -0.429. The van der Waals surface area contributed by atoms with Crippen molar-refractivity contribution in [2.24, 2.45) is 0 Å². The minimum Gasteiger partial charge on any atom is -0.326 e. The molecule has 4 amide bonds. The summed E-state index contributed by atoms with van der Waals surface area (Å²) < 4.78 is 0. The number of nitrogens with zero attached hydrogens (tertiary/aromatic N) is 2. The van der Waals surface area contributed by atoms with Crippen molar-refractivity contribution < 1.29 is 9.59 Å². The van der Waals surface area contributed by atoms with Crippen LogP contribution in [0.2, 0.25) is 5.02 Å². The molecule has 1 N–H and O–H groups in total. The maximum absolute atomic E-state index is 11.8. The number of amides is 4. The summed E-state index contributed by atoms with van der Waals surface area (Å²) in [5.41, 5.74) is 0.574. The minimum absolute atomic E-state index is 0.287. The van der Waals surface area contributed by atoms with Crippen LogP contribution in [-0.2, 0) is 0 Å². The van der Waals surface area contributed by atoms with Crippen LogP contribution in [0, 0.1) is 0 Å². The third kappa shape index (κ3) is 2.50. The van der Waals surface area contributed by atoms with Crippen molar-refractivity contribution in [1.29, 1.82) is 0 Å². The van der Waals surface area contributed by atoms with Crippen LogP contribution in [0.3, 0.4) is 0 Å². The summed E-state index contributed by atoms with van der Waals surface area (Å²) in [6, 6.07) is 6.07. The summed E-state index contributed by atoms with van der Waals surface area (Å²) >= 11 is 5.80. The van der Waals surface area contributed by atoms with E-state index in [1.54, 1.807) is 31.3 Å². The van der Waals surface area contributed by atoms with Crippen molar-refractivity contribution in [3.63, 3.8) is 0 Å². The van der Waals surface area contributed by atoms with Gasteiger partial charge in [0, 0.05) is 30.8 Å². The van der Waals surface area contributed by atoms with E-state index >= 15 is 0 Å². The summed E-state index contributed by atoms with van der Waals surface area (Å²) in [7, 11) is 1.66. The number of imide groups is 1. The molecule has 2 rings (SSSR count). The Hall–Kier alpha value is -1.75. The highest BCUT2D eigenvalue weighted by Gasteiger charge is 2.30. The van der Waals surface area contributed by atoms with Gasteiger partial charge in [0.15, 0.2) is 0 Å². The third-order valence-electron chi connectivity index (χ3n) is 2.54. The molecule has 0 bridgehead atoms. The molecule has 1 aliphatic rings. The number of anilines is 1. The molecule has 0 radical (unpaired) electrons. The first-order valence-corrected chi connectivity index (χ1v) is 5.55. The highest BCUT2D eigenvalue weighted by atomic mass is 35.5. The summed E-state index contributed by atoms with van der Waals surface area (Å²) in [6.45, 7) is 0.962. The van der Waals surface area contributed by atoms with E-state index in [-0.39, 0.29) is 6.03 Å². The third-order valence-corrected chi connectivity index (χ3v) is 2.77. The Labute approximate surface area is 104 Å². The largest absolute Gasteiger partial charge is 0.330 e. The topological polar surface area (TPSA) is 52.6 Å². The fraction of sp³-hybridized carbons (Fsp3) is 0.273. The highest BCUT2D eigenvalue weighted by molar-refractivity contribution is 6.30. The van der Waals surface area contributed by atoms with Gasteiger partial charge in [-0.25, -0.2) is 14.5 Å². The Balaban J connectivity index is 2.05. The van der Waals surface area contributed by atoms with E-state index in [4.69, 9.17) is 11.6 Å². The van der Waals surface area contributed by atoms with Crippen LogP contribution in [-0.4, -0.2) is 42.0 Å². The zero-order valence-corrected chi connectivity index (χ0v) is 10.1. The van der Waals surface area contributed by atoms with Crippen LogP contribution < -0.4 is 5.32 Å². The lowest BCUT2D eigenvalue weighted by atomic mass is 10.3. The Morgan fingerprint density at radius 2 is 2.18 bits per heavy atom. The fourth-order valence-electron chi connectivity index (χ4n) is 1.59. The van der Waals surface area contributed by atoms with Gasteiger partial charge in [-0.2, -0.15) is 0 Å². The van der Waals surface area contributed by atoms with Gasteiger partial charge in [-0.15, -0.1) is 0 Å². The molecule has 0 aromatic heterocycles. The van der Waals surface area contributed by atoms with Gasteiger partial charge in [-0.05, 0) is 18.2 Å². The Morgan fingerprint density at radius 3 is 2.76 bits per heavy atom. The van der Waals surface area contributed by atoms with E-state index in [0.29, 0.717) is 23.8 Å². The van der Waals surface area contributed by atoms with Gasteiger partial charge in [0.1, 0.15) is 0 Å². The quantitative estimate of drug-likeness (QED) is 0.835. The number of rotatable bonds is 1. The van der Waals surface area contributed by atoms with Gasteiger partial charge in [0.25, 0.3) is 0 Å². The number of carbonyl (C=O) groups is 2. The molecule has 1 aromatic rings. The fourth-order valence-corrected chi connectivity index (χ4v) is 1.78. The first kappa shape index (κ1) is 11.7. The molecule has 0 saturated carbocycles. The molecule has 1 fully saturated rings. The molecule has 1 aromatic carbocycles. The van der Waals surface area contributed by atoms with Gasteiger partial charge < -0.3 is 10.2 Å². The lowest BCUT2D eigenvalue weighted by molar-refractivity contribution is 0.195. The lowest BCUT2D eigenvalue weighted by Gasteiger charge is -2.15. The smallest absolute Gasteiger partial charge is 0.326 e. The number of likely N-dealkylation sites (N-methyl/N-ethyl adjacent to an activating group) is 1. The van der Waals surface area contributed by atoms with Crippen molar-refractivity contribution in [3.8, 4) is 0 Å². The normalized spacial score (nSPS) is 15.3. The number of urea groups is 2. The second kappa shape index (κ2) is 4.63. The molecular formula is C11H12ClN3O2. The van der Waals surface area contributed by atoms with Crippen molar-refractivity contribution in [2.45, 2.75) is 0 Å². The van der Waals surface area contributed by atoms with Crippen molar-refractivity contribution >= 4 is 29.4 Å². The van der Waals surface area contributed by atoms with Gasteiger partial charge in [-0.1, -0.05) is 17.7 Å². The van der Waals surface area contributed by atoms with Gasteiger partial charge in [0.2, 0.25) is 0 Å². The molecule has 6 heteroatoms. The van der Waals surface area contributed by atoms with Gasteiger partial charge in [-0.3, -0.25) is 0 Å². The standard InChI is InChI=1S/C11H12ClN3O2/c1-14-5-6-15(11(14)17)10(16)13-9-4-2-3-8(12)7-9/h2-4,7H,5-6H2,1H3,(H,13,16). The molecule has 0 spiro atoms. The van der Waals surface area contributed by atoms with Gasteiger partial charge in [0.05, 0.1) is 0 Å². The molecule has 90 valence electrons. The number of halogens is 1. The maximum Gasteiger partial charge on any atom is 0.330 e. The van der Waals surface area contributed by atoms with Crippen LogP contribution in [0.1, 0.15) is 0 Å². The van der Waals surface area contributed by atoms with E-state index in [2.05, 4.69) is 5.32 Å². The summed E-state index contributed by atoms with van der Waals surface area (Å²) in [6.07, 6.45) is 0. The summed E-state index contributed by atoms with van der Waals surface area (Å²) in [5, 5.41) is 3.17. The SMILES string of the molecule is CN1CCN(C(=O)Nc2cccc(Cl)c2)C1=O. The number of hydrogen-bond acceptors (Lipinski definition) is 2. The second-order valence-corrected chi connectivity index (χ2v) is 4.23. The van der Waals surface area contributed by atoms with E-state index in [1.807, 2.05) is 0 Å². The van der Waals surface area contributed by atoms with E-state index in [9.17, 15) is 9.59 Å². The number of benzene rings is 1. The summed E-state index contributed by atoms with van der Waals surface area (Å²) in [5.74, 6) is 0. The van der Waals surface area contributed by atoms with Crippen LogP contribution in [0.15, 0.2) is 24.3 Å². The maximum atomic E-state index is 11.8. The van der Waals surface area contributed by atoms with E-state index in [1.165, 1.54) is 9.80 Å². The average Bonchev–Trinajstić information content (AvgIpc) is 2.60. The monoisotopic (exact) mass is 253 g/mol. The number of hydrogen-bond donors (Lipinski definition) is 1. The Morgan fingerprint density at radius 1 is 1.41 bits per heavy atom. The molecule has 1 aliphatic heterocycles.